The Labute approximate surface area is 111 Å². The van der Waals surface area contributed by atoms with E-state index < -0.39 is 0 Å². The first-order valence-electron chi connectivity index (χ1n) is 5.75. The molecule has 1 aliphatic rings. The van der Waals surface area contributed by atoms with E-state index in [1.165, 1.54) is 0 Å². The van der Waals surface area contributed by atoms with Crippen LogP contribution in [0.15, 0.2) is 28.0 Å². The summed E-state index contributed by atoms with van der Waals surface area (Å²) >= 11 is 1.57. The lowest BCUT2D eigenvalue weighted by molar-refractivity contribution is 0.881. The maximum Gasteiger partial charge on any atom is 0.271 e. The van der Waals surface area contributed by atoms with Crippen LogP contribution in [0.25, 0.3) is 17.0 Å². The van der Waals surface area contributed by atoms with Gasteiger partial charge < -0.3 is 0 Å². The van der Waals surface area contributed by atoms with Crippen LogP contribution in [-0.2, 0) is 6.42 Å². The van der Waals surface area contributed by atoms with Gasteiger partial charge >= 0.3 is 0 Å². The summed E-state index contributed by atoms with van der Waals surface area (Å²) in [6.45, 7) is 0. The minimum atomic E-state index is -0.0168. The number of H-pyrrole nitrogens is 1. The Morgan fingerprint density at radius 1 is 1.37 bits per heavy atom. The van der Waals surface area contributed by atoms with Crippen LogP contribution in [-0.4, -0.2) is 35.8 Å². The number of thioether (sulfide) groups is 1. The Morgan fingerprint density at radius 3 is 3.16 bits per heavy atom. The van der Waals surface area contributed by atoms with Gasteiger partial charge in [0.05, 0.1) is 10.6 Å². The molecule has 8 heteroatoms. The third-order valence-electron chi connectivity index (χ3n) is 3.06. The molecular formula is C11H8N6OS. The van der Waals surface area contributed by atoms with Gasteiger partial charge in [-0.2, -0.15) is 0 Å². The Morgan fingerprint density at radius 2 is 2.32 bits per heavy atom. The van der Waals surface area contributed by atoms with Crippen LogP contribution in [0.1, 0.15) is 5.69 Å². The highest BCUT2D eigenvalue weighted by Gasteiger charge is 2.19. The molecule has 0 saturated heterocycles. The van der Waals surface area contributed by atoms with Crippen molar-refractivity contribution in [1.29, 1.82) is 0 Å². The highest BCUT2D eigenvalue weighted by Crippen LogP contribution is 2.27. The van der Waals surface area contributed by atoms with Crippen molar-refractivity contribution in [3.8, 4) is 11.4 Å². The van der Waals surface area contributed by atoms with E-state index >= 15 is 0 Å². The van der Waals surface area contributed by atoms with Crippen molar-refractivity contribution in [2.24, 2.45) is 0 Å². The molecular weight excluding hydrogens is 264 g/mol. The van der Waals surface area contributed by atoms with E-state index in [-0.39, 0.29) is 5.56 Å². The molecule has 3 aromatic rings. The number of aromatic nitrogens is 6. The molecule has 0 saturated carbocycles. The van der Waals surface area contributed by atoms with Crippen LogP contribution in [0.5, 0.6) is 0 Å². The molecule has 4 rings (SSSR count). The van der Waals surface area contributed by atoms with Crippen molar-refractivity contribution in [2.75, 3.05) is 5.75 Å². The van der Waals surface area contributed by atoms with Gasteiger partial charge in [-0.05, 0) is 22.6 Å². The van der Waals surface area contributed by atoms with E-state index in [1.807, 2.05) is 12.1 Å². The van der Waals surface area contributed by atoms with Crippen molar-refractivity contribution in [1.82, 2.24) is 30.0 Å². The highest BCUT2D eigenvalue weighted by atomic mass is 32.2. The molecule has 0 aliphatic carbocycles. The number of hydrogen-bond donors (Lipinski definition) is 1. The van der Waals surface area contributed by atoms with Crippen LogP contribution < -0.4 is 5.56 Å². The third-order valence-corrected chi connectivity index (χ3v) is 4.16. The molecule has 4 heterocycles. The fraction of sp³-hybridized carbons (Fsp3) is 0.182. The molecule has 0 fully saturated rings. The number of nitrogens with zero attached hydrogens (tertiary/aromatic N) is 5. The summed E-state index contributed by atoms with van der Waals surface area (Å²) in [5.74, 6) is 1.45. The van der Waals surface area contributed by atoms with Gasteiger partial charge in [0.15, 0.2) is 5.82 Å². The molecule has 3 aromatic heterocycles. The lowest BCUT2D eigenvalue weighted by Crippen LogP contribution is -2.17. The van der Waals surface area contributed by atoms with E-state index in [0.717, 1.165) is 28.3 Å². The summed E-state index contributed by atoms with van der Waals surface area (Å²) < 4.78 is 1.55. The SMILES string of the molecule is O=c1c2c(nc3ccc(-c4nnn[nH]4)cn13)CCS2. The van der Waals surface area contributed by atoms with Gasteiger partial charge in [0.1, 0.15) is 5.65 Å². The topological polar surface area (TPSA) is 88.8 Å². The average molecular weight is 272 g/mol. The number of pyridine rings is 1. The van der Waals surface area contributed by atoms with Crippen molar-refractivity contribution in [2.45, 2.75) is 11.3 Å². The van der Waals surface area contributed by atoms with E-state index in [0.29, 0.717) is 11.5 Å². The normalized spacial score (nSPS) is 13.9. The molecule has 0 amide bonds. The second-order valence-corrected chi connectivity index (χ2v) is 5.29. The minimum Gasteiger partial charge on any atom is -0.268 e. The lowest BCUT2D eigenvalue weighted by atomic mass is 10.2. The number of hydrogen-bond acceptors (Lipinski definition) is 6. The summed E-state index contributed by atoms with van der Waals surface area (Å²) in [6, 6.07) is 3.65. The van der Waals surface area contributed by atoms with Gasteiger partial charge in [0.2, 0.25) is 0 Å². The van der Waals surface area contributed by atoms with Crippen molar-refractivity contribution in [3.63, 3.8) is 0 Å². The molecule has 1 aliphatic heterocycles. The zero-order valence-electron chi connectivity index (χ0n) is 9.70. The summed E-state index contributed by atoms with van der Waals surface area (Å²) in [5, 5.41) is 13.6. The predicted octanol–water partition coefficient (Wildman–Crippen LogP) is 0.523. The largest absolute Gasteiger partial charge is 0.271 e. The lowest BCUT2D eigenvalue weighted by Gasteiger charge is -2.04. The number of tetrazole rings is 1. The Balaban J connectivity index is 2.02. The fourth-order valence-electron chi connectivity index (χ4n) is 2.15. The predicted molar refractivity (Wildman–Crippen MR) is 69.1 cm³/mol. The summed E-state index contributed by atoms with van der Waals surface area (Å²) in [5.41, 5.74) is 2.30. The molecule has 0 aromatic carbocycles. The highest BCUT2D eigenvalue weighted by molar-refractivity contribution is 7.99. The molecule has 0 atom stereocenters. The van der Waals surface area contributed by atoms with Crippen LogP contribution in [0.4, 0.5) is 0 Å². The van der Waals surface area contributed by atoms with Crippen molar-refractivity contribution >= 4 is 17.4 Å². The summed E-state index contributed by atoms with van der Waals surface area (Å²) in [6.07, 6.45) is 2.57. The third kappa shape index (κ3) is 1.56. The van der Waals surface area contributed by atoms with E-state index in [9.17, 15) is 4.79 Å². The summed E-state index contributed by atoms with van der Waals surface area (Å²) in [4.78, 5) is 17.7. The fourth-order valence-corrected chi connectivity index (χ4v) is 3.19. The minimum absolute atomic E-state index is 0.0168. The van der Waals surface area contributed by atoms with Crippen LogP contribution >= 0.6 is 11.8 Å². The number of rotatable bonds is 1. The quantitative estimate of drug-likeness (QED) is 0.695. The van der Waals surface area contributed by atoms with Crippen LogP contribution in [0.2, 0.25) is 0 Å². The first-order chi connectivity index (χ1) is 9.33. The number of aryl methyl sites for hydroxylation is 1. The van der Waals surface area contributed by atoms with Gasteiger partial charge in [0, 0.05) is 23.9 Å². The molecule has 19 heavy (non-hydrogen) atoms. The average Bonchev–Trinajstić information content (AvgIpc) is 3.09. The second-order valence-electron chi connectivity index (χ2n) is 4.19. The van der Waals surface area contributed by atoms with Crippen molar-refractivity contribution < 1.29 is 0 Å². The molecule has 0 radical (unpaired) electrons. The van der Waals surface area contributed by atoms with Crippen LogP contribution in [0.3, 0.4) is 0 Å². The first kappa shape index (κ1) is 10.7. The smallest absolute Gasteiger partial charge is 0.268 e. The van der Waals surface area contributed by atoms with E-state index in [1.54, 1.807) is 22.4 Å². The van der Waals surface area contributed by atoms with E-state index in [4.69, 9.17) is 0 Å². The standard InChI is InChI=1S/C11H8N6OS/c18-11-9-7(3-4-19-9)12-8-2-1-6(5-17(8)11)10-13-15-16-14-10/h1-2,5H,3-4H2,(H,13,14,15,16). The Bertz CT molecular complexity index is 825. The monoisotopic (exact) mass is 272 g/mol. The second kappa shape index (κ2) is 3.89. The maximum absolute atomic E-state index is 12.4. The number of nitrogens with one attached hydrogen (secondary N) is 1. The first-order valence-corrected chi connectivity index (χ1v) is 6.74. The summed E-state index contributed by atoms with van der Waals surface area (Å²) in [7, 11) is 0. The maximum atomic E-state index is 12.4. The number of aromatic amines is 1. The van der Waals surface area contributed by atoms with Gasteiger partial charge in [-0.15, -0.1) is 16.9 Å². The van der Waals surface area contributed by atoms with E-state index in [2.05, 4.69) is 25.6 Å². The zero-order valence-corrected chi connectivity index (χ0v) is 10.5. The molecule has 7 nitrogen and oxygen atoms in total. The Kier molecular flexibility index (Phi) is 2.18. The molecule has 94 valence electrons. The van der Waals surface area contributed by atoms with Gasteiger partial charge in [-0.1, -0.05) is 0 Å². The molecule has 0 spiro atoms. The zero-order chi connectivity index (χ0) is 12.8. The molecule has 0 bridgehead atoms. The van der Waals surface area contributed by atoms with Crippen LogP contribution in [0, 0.1) is 0 Å². The van der Waals surface area contributed by atoms with Gasteiger partial charge in [0.25, 0.3) is 5.56 Å². The number of fused-ring (bicyclic) bond motifs is 2. The molecule has 0 unspecified atom stereocenters. The molecule has 1 N–H and O–H groups in total. The Hall–Kier alpha value is -2.22. The van der Waals surface area contributed by atoms with Crippen molar-refractivity contribution in [3.05, 3.63) is 34.4 Å². The van der Waals surface area contributed by atoms with Gasteiger partial charge in [-0.3, -0.25) is 9.20 Å². The van der Waals surface area contributed by atoms with Gasteiger partial charge in [-0.25, -0.2) is 10.1 Å².